The molecule has 2 saturated heterocycles. The fraction of sp³-hybridized carbons (Fsp3) is 0.500. The number of carbonyl (C=O) groups excluding carboxylic acids is 3. The maximum absolute atomic E-state index is 11.7. The highest BCUT2D eigenvalue weighted by Gasteiger charge is 2.44. The number of urea groups is 2. The van der Waals surface area contributed by atoms with Crippen LogP contribution in [0.1, 0.15) is 4.11 Å². The Morgan fingerprint density at radius 1 is 1.31 bits per heavy atom. The van der Waals surface area contributed by atoms with Crippen molar-refractivity contribution in [2.24, 2.45) is 0 Å². The topological polar surface area (TPSA) is 90.5 Å². The molecule has 0 spiro atoms. The van der Waals surface area contributed by atoms with E-state index in [1.165, 1.54) is 0 Å². The third-order valence-electron chi connectivity index (χ3n) is 1.88. The third-order valence-corrected chi connectivity index (χ3v) is 1.88. The molecule has 70 valence electrons. The average molecular weight is 187 g/mol. The van der Waals surface area contributed by atoms with Crippen LogP contribution in [-0.2, 0) is 4.79 Å². The summed E-state index contributed by atoms with van der Waals surface area (Å²) in [5, 5.41) is 6.71. The lowest BCUT2D eigenvalue weighted by Gasteiger charge is -2.29. The highest BCUT2D eigenvalue weighted by molar-refractivity contribution is 6.03. The Labute approximate surface area is 77.7 Å². The third kappa shape index (κ3) is 1.00. The van der Waals surface area contributed by atoms with Crippen LogP contribution in [-0.4, -0.2) is 42.1 Å². The van der Waals surface area contributed by atoms with Gasteiger partial charge in [-0.15, -0.1) is 0 Å². The number of amides is 5. The molecule has 0 bridgehead atoms. The molecule has 2 unspecified atom stereocenters. The van der Waals surface area contributed by atoms with Crippen LogP contribution in [0.5, 0.6) is 0 Å². The Balaban J connectivity index is 2.29. The summed E-state index contributed by atoms with van der Waals surface area (Å²) in [6.07, 6.45) is -0.897. The van der Waals surface area contributed by atoms with E-state index in [9.17, 15) is 14.4 Å². The van der Waals surface area contributed by atoms with E-state index in [1.54, 1.807) is 0 Å². The minimum Gasteiger partial charge on any atom is -0.323 e. The maximum atomic E-state index is 11.7. The van der Waals surface area contributed by atoms with Gasteiger partial charge in [0.05, 0.1) is 0 Å². The van der Waals surface area contributed by atoms with Gasteiger partial charge in [0.15, 0.2) is 0 Å². The molecule has 2 aliphatic rings. The molecule has 7 heteroatoms. The number of rotatable bonds is 0. The lowest BCUT2D eigenvalue weighted by atomic mass is 10.2. The van der Waals surface area contributed by atoms with Gasteiger partial charge < -0.3 is 16.0 Å². The van der Waals surface area contributed by atoms with Gasteiger partial charge in [-0.25, -0.2) is 9.59 Å². The summed E-state index contributed by atoms with van der Waals surface area (Å²) in [5.41, 5.74) is 0. The summed E-state index contributed by atoms with van der Waals surface area (Å²) in [6, 6.07) is -2.75. The minimum absolute atomic E-state index is 0.126. The van der Waals surface area contributed by atoms with E-state index in [2.05, 4.69) is 16.0 Å². The number of nitrogens with zero attached hydrogens (tertiary/aromatic N) is 1. The van der Waals surface area contributed by atoms with Crippen LogP contribution in [0.25, 0.3) is 0 Å². The van der Waals surface area contributed by atoms with Crippen LogP contribution in [0.2, 0.25) is 0 Å². The van der Waals surface area contributed by atoms with Crippen molar-refractivity contribution in [1.82, 2.24) is 20.9 Å². The lowest BCUT2D eigenvalue weighted by Crippen LogP contribution is -2.64. The predicted molar refractivity (Wildman–Crippen MR) is 40.5 cm³/mol. The number of likely N-dealkylation sites (N-methyl/N-ethyl adjacent to an activating group) is 1. The van der Waals surface area contributed by atoms with E-state index in [0.29, 0.717) is 0 Å². The predicted octanol–water partition coefficient (Wildman–Crippen LogP) is -1.82. The minimum atomic E-state index is -2.86. The highest BCUT2D eigenvalue weighted by atomic mass is 16.2. The summed E-state index contributed by atoms with van der Waals surface area (Å²) in [6.45, 7) is -2.86. The number of hydrogen-bond donors (Lipinski definition) is 3. The van der Waals surface area contributed by atoms with Crippen LogP contribution in [0.4, 0.5) is 9.59 Å². The fourth-order valence-corrected chi connectivity index (χ4v) is 1.25. The SMILES string of the molecule is [2H]C([2H])([2H])N1C(=O)NC2NC(=O)NC2C1=O. The molecule has 7 nitrogen and oxygen atoms in total. The smallest absolute Gasteiger partial charge is 0.323 e. The number of hydrogen-bond acceptors (Lipinski definition) is 3. The summed E-state index contributed by atoms with van der Waals surface area (Å²) < 4.78 is 21.1. The molecule has 2 heterocycles. The molecule has 3 N–H and O–H groups in total. The van der Waals surface area contributed by atoms with E-state index >= 15 is 0 Å². The molecule has 5 amide bonds. The summed E-state index contributed by atoms with van der Waals surface area (Å²) >= 11 is 0. The maximum Gasteiger partial charge on any atom is 0.325 e. The van der Waals surface area contributed by atoms with Crippen molar-refractivity contribution in [3.05, 3.63) is 0 Å². The standard InChI is InChI=1S/C6H8N4O3/c1-10-4(11)2-3(9-6(10)13)8-5(12)7-2/h2-3H,1H3,(H,9,13)(H2,7,8,12)/i1D3. The van der Waals surface area contributed by atoms with E-state index in [1.807, 2.05) is 0 Å². The molecule has 2 rings (SSSR count). The van der Waals surface area contributed by atoms with Gasteiger partial charge in [0.1, 0.15) is 12.2 Å². The second-order valence-corrected chi connectivity index (χ2v) is 2.70. The molecular formula is C6H8N4O3. The summed E-state index contributed by atoms with van der Waals surface area (Å²) in [4.78, 5) is 34.1. The van der Waals surface area contributed by atoms with E-state index in [4.69, 9.17) is 4.11 Å². The zero-order valence-corrected chi connectivity index (χ0v) is 6.33. The first kappa shape index (κ1) is 5.05. The van der Waals surface area contributed by atoms with Crippen LogP contribution in [0.3, 0.4) is 0 Å². The van der Waals surface area contributed by atoms with Gasteiger partial charge in [0, 0.05) is 11.1 Å². The normalized spacial score (nSPS) is 36.5. The van der Waals surface area contributed by atoms with Crippen molar-refractivity contribution in [3.8, 4) is 0 Å². The average Bonchev–Trinajstić information content (AvgIpc) is 2.43. The van der Waals surface area contributed by atoms with Gasteiger partial charge in [-0.3, -0.25) is 9.69 Å². The van der Waals surface area contributed by atoms with Crippen LogP contribution < -0.4 is 16.0 Å². The van der Waals surface area contributed by atoms with Gasteiger partial charge in [-0.1, -0.05) is 0 Å². The number of nitrogens with one attached hydrogen (secondary N) is 3. The molecule has 0 radical (unpaired) electrons. The van der Waals surface area contributed by atoms with Gasteiger partial charge in [-0.2, -0.15) is 0 Å². The van der Waals surface area contributed by atoms with Gasteiger partial charge in [-0.05, 0) is 0 Å². The molecule has 0 aliphatic carbocycles. The Kier molecular flexibility index (Phi) is 0.912. The first-order valence-corrected chi connectivity index (χ1v) is 3.52. The highest BCUT2D eigenvalue weighted by Crippen LogP contribution is 2.08. The van der Waals surface area contributed by atoms with Gasteiger partial charge in [0.25, 0.3) is 5.91 Å². The molecule has 0 saturated carbocycles. The molecule has 0 aromatic heterocycles. The number of imide groups is 1. The zero-order chi connectivity index (χ0) is 12.1. The van der Waals surface area contributed by atoms with Crippen molar-refractivity contribution in [1.29, 1.82) is 0 Å². The van der Waals surface area contributed by atoms with Gasteiger partial charge in [0.2, 0.25) is 0 Å². The molecule has 0 aromatic carbocycles. The second kappa shape index (κ2) is 2.35. The molecule has 2 aliphatic heterocycles. The number of carbonyl (C=O) groups is 3. The molecule has 2 atom stereocenters. The van der Waals surface area contributed by atoms with Crippen LogP contribution >= 0.6 is 0 Å². The van der Waals surface area contributed by atoms with Crippen molar-refractivity contribution in [2.75, 3.05) is 6.98 Å². The van der Waals surface area contributed by atoms with Crippen molar-refractivity contribution in [2.45, 2.75) is 12.2 Å². The molecule has 13 heavy (non-hydrogen) atoms. The fourth-order valence-electron chi connectivity index (χ4n) is 1.25. The monoisotopic (exact) mass is 187 g/mol. The molecule has 2 fully saturated rings. The Morgan fingerprint density at radius 3 is 2.77 bits per heavy atom. The largest absolute Gasteiger partial charge is 0.325 e. The molecular weight excluding hydrogens is 176 g/mol. The van der Waals surface area contributed by atoms with Crippen molar-refractivity contribution in [3.63, 3.8) is 0 Å². The quantitative estimate of drug-likeness (QED) is 0.417. The number of fused-ring (bicyclic) bond motifs is 1. The van der Waals surface area contributed by atoms with Gasteiger partial charge >= 0.3 is 12.1 Å². The van der Waals surface area contributed by atoms with Crippen LogP contribution in [0, 0.1) is 0 Å². The first-order chi connectivity index (χ1) is 7.30. The Hall–Kier alpha value is -1.79. The van der Waals surface area contributed by atoms with E-state index < -0.39 is 37.2 Å². The first-order valence-electron chi connectivity index (χ1n) is 5.02. The summed E-state index contributed by atoms with van der Waals surface area (Å²) in [5.74, 6) is -0.952. The lowest BCUT2D eigenvalue weighted by molar-refractivity contribution is -0.130. The second-order valence-electron chi connectivity index (χ2n) is 2.70. The Bertz CT molecular complexity index is 382. The zero-order valence-electron chi connectivity index (χ0n) is 9.33. The van der Waals surface area contributed by atoms with Crippen molar-refractivity contribution < 1.29 is 18.5 Å². The molecule has 0 aromatic rings. The van der Waals surface area contributed by atoms with Crippen LogP contribution in [0.15, 0.2) is 0 Å². The van der Waals surface area contributed by atoms with E-state index in [0.717, 1.165) is 0 Å². The summed E-state index contributed by atoms with van der Waals surface area (Å²) in [7, 11) is 0. The Morgan fingerprint density at radius 2 is 2.08 bits per heavy atom. The van der Waals surface area contributed by atoms with Crippen molar-refractivity contribution >= 4 is 18.0 Å². The van der Waals surface area contributed by atoms with E-state index in [-0.39, 0.29) is 4.90 Å².